The number of carbonyl (C=O) groups is 2. The van der Waals surface area contributed by atoms with Gasteiger partial charge >= 0.3 is 11.9 Å². The highest BCUT2D eigenvalue weighted by Gasteiger charge is 2.14. The molecule has 0 bridgehead atoms. The van der Waals surface area contributed by atoms with Crippen molar-refractivity contribution in [3.8, 4) is 0 Å². The second-order valence-corrected chi connectivity index (χ2v) is 10.6. The zero-order chi connectivity index (χ0) is 28.9. The molecule has 0 saturated carbocycles. The fraction of sp³-hybridized carbons (Fsp3) is 0.800. The van der Waals surface area contributed by atoms with E-state index in [1.807, 2.05) is 27.7 Å². The predicted molar refractivity (Wildman–Crippen MR) is 150 cm³/mol. The molecule has 0 heterocycles. The molecule has 7 atom stereocenters. The van der Waals surface area contributed by atoms with Crippen molar-refractivity contribution in [2.45, 2.75) is 111 Å². The highest BCUT2D eigenvalue weighted by atomic mass is 16.6. The maximum atomic E-state index is 11.2. The molecule has 0 radical (unpaired) electrons. The van der Waals surface area contributed by atoms with Gasteiger partial charge in [-0.25, -0.2) is 9.59 Å². The average molecular weight is 543 g/mol. The van der Waals surface area contributed by atoms with E-state index in [-0.39, 0.29) is 30.5 Å². The maximum Gasteiger partial charge on any atom is 0.330 e. The molecule has 0 amide bonds. The van der Waals surface area contributed by atoms with Crippen LogP contribution in [0.1, 0.15) is 80.6 Å². The summed E-state index contributed by atoms with van der Waals surface area (Å²) >= 11 is 0. The summed E-state index contributed by atoms with van der Waals surface area (Å²) in [5.74, 6) is 0.249. The Labute approximate surface area is 231 Å². The molecule has 38 heavy (non-hydrogen) atoms. The van der Waals surface area contributed by atoms with E-state index >= 15 is 0 Å². The number of rotatable bonds is 24. The van der Waals surface area contributed by atoms with Crippen LogP contribution in [0.4, 0.5) is 0 Å². The molecule has 0 aliphatic rings. The van der Waals surface area contributed by atoms with Gasteiger partial charge in [-0.3, -0.25) is 0 Å². The second-order valence-electron chi connectivity index (χ2n) is 10.6. The molecule has 0 spiro atoms. The average Bonchev–Trinajstić information content (AvgIpc) is 2.89. The van der Waals surface area contributed by atoms with Crippen molar-refractivity contribution >= 4 is 11.9 Å². The van der Waals surface area contributed by atoms with Gasteiger partial charge in [0.1, 0.15) is 6.10 Å². The van der Waals surface area contributed by atoms with Crippen LogP contribution in [0.5, 0.6) is 0 Å². The van der Waals surface area contributed by atoms with Gasteiger partial charge in [0, 0.05) is 25.2 Å². The van der Waals surface area contributed by atoms with Gasteiger partial charge in [-0.1, -0.05) is 33.4 Å². The lowest BCUT2D eigenvalue weighted by Gasteiger charge is -2.22. The van der Waals surface area contributed by atoms with Crippen molar-refractivity contribution in [2.75, 3.05) is 33.0 Å². The highest BCUT2D eigenvalue weighted by Crippen LogP contribution is 2.19. The van der Waals surface area contributed by atoms with E-state index in [0.29, 0.717) is 51.3 Å². The summed E-state index contributed by atoms with van der Waals surface area (Å²) in [6, 6.07) is 0. The molecule has 8 nitrogen and oxygen atoms in total. The van der Waals surface area contributed by atoms with Crippen LogP contribution < -0.4 is 0 Å². The maximum absolute atomic E-state index is 11.2. The van der Waals surface area contributed by atoms with Crippen molar-refractivity contribution in [2.24, 2.45) is 11.8 Å². The molecular formula is C30H54O8. The first kappa shape index (κ1) is 36.3. The van der Waals surface area contributed by atoms with E-state index in [4.69, 9.17) is 28.4 Å². The Morgan fingerprint density at radius 1 is 0.553 bits per heavy atom. The molecule has 0 aliphatic heterocycles. The second kappa shape index (κ2) is 22.1. The summed E-state index contributed by atoms with van der Waals surface area (Å²) in [5, 5.41) is 0. The lowest BCUT2D eigenvalue weighted by atomic mass is 9.94. The van der Waals surface area contributed by atoms with Crippen LogP contribution >= 0.6 is 0 Å². The third kappa shape index (κ3) is 21.2. The van der Waals surface area contributed by atoms with E-state index in [9.17, 15) is 9.59 Å². The van der Waals surface area contributed by atoms with Gasteiger partial charge in [0.05, 0.1) is 50.8 Å². The molecule has 0 N–H and O–H groups in total. The molecule has 0 aromatic rings. The lowest BCUT2D eigenvalue weighted by molar-refractivity contribution is -0.146. The minimum absolute atomic E-state index is 0.0132. The molecule has 0 saturated heterocycles. The Balaban J connectivity index is 3.88. The minimum atomic E-state index is -0.421. The Morgan fingerprint density at radius 3 is 1.58 bits per heavy atom. The summed E-state index contributed by atoms with van der Waals surface area (Å²) in [6.45, 7) is 23.5. The first-order chi connectivity index (χ1) is 18.0. The first-order valence-electron chi connectivity index (χ1n) is 14.0. The Kier molecular flexibility index (Phi) is 21.1. The smallest absolute Gasteiger partial charge is 0.330 e. The zero-order valence-corrected chi connectivity index (χ0v) is 24.9. The Morgan fingerprint density at radius 2 is 1.00 bits per heavy atom. The summed E-state index contributed by atoms with van der Waals surface area (Å²) in [4.78, 5) is 22.3. The molecule has 0 aromatic carbocycles. The van der Waals surface area contributed by atoms with Crippen LogP contribution in [0.2, 0.25) is 0 Å². The number of esters is 2. The number of hydrogen-bond donors (Lipinski definition) is 0. The zero-order valence-electron chi connectivity index (χ0n) is 24.9. The molecule has 0 aliphatic carbocycles. The van der Waals surface area contributed by atoms with E-state index in [2.05, 4.69) is 33.9 Å². The number of hydrogen-bond acceptors (Lipinski definition) is 8. The normalized spacial score (nSPS) is 16.9. The number of carbonyl (C=O) groups excluding carboxylic acids is 2. The van der Waals surface area contributed by atoms with Gasteiger partial charge in [0.2, 0.25) is 0 Å². The van der Waals surface area contributed by atoms with E-state index in [1.165, 1.54) is 6.08 Å². The molecule has 8 heteroatoms. The van der Waals surface area contributed by atoms with Crippen LogP contribution in [0.25, 0.3) is 0 Å². The van der Waals surface area contributed by atoms with Crippen LogP contribution in [0, 0.1) is 11.8 Å². The number of ether oxygens (including phenoxy) is 6. The van der Waals surface area contributed by atoms with Crippen LogP contribution in [-0.4, -0.2) is 75.5 Å². The Hall–Kier alpha value is -1.74. The first-order valence-corrected chi connectivity index (χ1v) is 14.0. The molecule has 222 valence electrons. The van der Waals surface area contributed by atoms with Crippen molar-refractivity contribution in [1.29, 1.82) is 0 Å². The summed E-state index contributed by atoms with van der Waals surface area (Å²) in [7, 11) is 0. The monoisotopic (exact) mass is 542 g/mol. The molecule has 0 rings (SSSR count). The topological polar surface area (TPSA) is 89.5 Å². The predicted octanol–water partition coefficient (Wildman–Crippen LogP) is 5.68. The highest BCUT2D eigenvalue weighted by molar-refractivity contribution is 5.81. The van der Waals surface area contributed by atoms with Crippen molar-refractivity contribution in [3.05, 3.63) is 25.3 Å². The third-order valence-corrected chi connectivity index (χ3v) is 6.15. The van der Waals surface area contributed by atoms with Gasteiger partial charge in [0.25, 0.3) is 0 Å². The molecular weight excluding hydrogens is 488 g/mol. The molecule has 0 aromatic heterocycles. The standard InChI is InChI=1S/C30H54O8/c1-10-29(31)33-17-16-25(6)35-19-27(8)37-20-26(7)34-18-23(4)13-12-22(3)14-15-24(5)36-21-28(9)38-30(32)11-2/h10-11,22-28H,1-2,12-21H2,3-9H3. The fourth-order valence-electron chi connectivity index (χ4n) is 3.47. The quantitative estimate of drug-likeness (QED) is 0.114. The Bertz CT molecular complexity index is 652. The molecule has 0 fully saturated rings. The van der Waals surface area contributed by atoms with Gasteiger partial charge in [-0.2, -0.15) is 0 Å². The summed E-state index contributed by atoms with van der Waals surface area (Å²) in [5.41, 5.74) is 0. The fourth-order valence-corrected chi connectivity index (χ4v) is 3.47. The van der Waals surface area contributed by atoms with Crippen molar-refractivity contribution < 1.29 is 38.0 Å². The van der Waals surface area contributed by atoms with Crippen LogP contribution in [0.15, 0.2) is 25.3 Å². The van der Waals surface area contributed by atoms with Gasteiger partial charge in [0.15, 0.2) is 0 Å². The third-order valence-electron chi connectivity index (χ3n) is 6.15. The van der Waals surface area contributed by atoms with Gasteiger partial charge in [-0.05, 0) is 65.7 Å². The van der Waals surface area contributed by atoms with Crippen molar-refractivity contribution in [3.63, 3.8) is 0 Å². The van der Waals surface area contributed by atoms with Gasteiger partial charge < -0.3 is 28.4 Å². The summed E-state index contributed by atoms with van der Waals surface area (Å²) in [6.07, 6.45) is 7.08. The van der Waals surface area contributed by atoms with Crippen molar-refractivity contribution in [1.82, 2.24) is 0 Å². The largest absolute Gasteiger partial charge is 0.462 e. The van der Waals surface area contributed by atoms with E-state index in [0.717, 1.165) is 31.8 Å². The molecule has 7 unspecified atom stereocenters. The van der Waals surface area contributed by atoms with E-state index < -0.39 is 11.9 Å². The van der Waals surface area contributed by atoms with Crippen LogP contribution in [0.3, 0.4) is 0 Å². The lowest BCUT2D eigenvalue weighted by Crippen LogP contribution is -2.26. The summed E-state index contributed by atoms with van der Waals surface area (Å²) < 4.78 is 33.5. The van der Waals surface area contributed by atoms with Gasteiger partial charge in [-0.15, -0.1) is 0 Å². The minimum Gasteiger partial charge on any atom is -0.462 e. The van der Waals surface area contributed by atoms with Crippen LogP contribution in [-0.2, 0) is 38.0 Å². The SMILES string of the molecule is C=CC(=O)OCCC(C)OCC(C)OCC(C)OCC(C)CCC(C)CCC(C)OCC(C)OC(=O)C=C. The van der Waals surface area contributed by atoms with E-state index in [1.54, 1.807) is 0 Å².